The lowest BCUT2D eigenvalue weighted by Gasteiger charge is -2.23. The molecule has 0 radical (unpaired) electrons. The average Bonchev–Trinajstić information content (AvgIpc) is 3.43. The molecule has 0 bridgehead atoms. The maximum atomic E-state index is 15.1. The van der Waals surface area contributed by atoms with Gasteiger partial charge in [-0.2, -0.15) is 4.39 Å². The summed E-state index contributed by atoms with van der Waals surface area (Å²) in [6.45, 7) is 5.79. The second kappa shape index (κ2) is 9.20. The molecule has 0 unspecified atom stereocenters. The van der Waals surface area contributed by atoms with E-state index < -0.39 is 0 Å². The number of hydrogen-bond acceptors (Lipinski definition) is 6. The number of benzene rings is 1. The number of ketones is 1. The van der Waals surface area contributed by atoms with Gasteiger partial charge in [-0.25, -0.2) is 9.97 Å². The number of Topliss-reactive ketones (excluding diaryl/α,β-unsaturated/α-hetero) is 1. The highest BCUT2D eigenvalue weighted by Gasteiger charge is 2.30. The van der Waals surface area contributed by atoms with Gasteiger partial charge in [0.25, 0.3) is 0 Å². The van der Waals surface area contributed by atoms with Crippen LogP contribution in [0.2, 0.25) is 0 Å². The predicted molar refractivity (Wildman–Crippen MR) is 119 cm³/mol. The molecule has 2 atom stereocenters. The third-order valence-corrected chi connectivity index (χ3v) is 6.13. The van der Waals surface area contributed by atoms with Gasteiger partial charge in [0.15, 0.2) is 11.6 Å². The molecule has 1 saturated heterocycles. The van der Waals surface area contributed by atoms with Crippen LogP contribution in [-0.2, 0) is 4.79 Å². The number of carbonyl (C=O) groups is 1. The first-order chi connectivity index (χ1) is 14.9. The van der Waals surface area contributed by atoms with Crippen molar-refractivity contribution in [2.24, 2.45) is 5.92 Å². The van der Waals surface area contributed by atoms with Crippen molar-refractivity contribution in [2.75, 3.05) is 36.5 Å². The van der Waals surface area contributed by atoms with Crippen LogP contribution < -0.4 is 14.5 Å². The number of carbonyl (C=O) groups excluding carboxylic acids is 1. The molecule has 2 fully saturated rings. The molecule has 166 valence electrons. The molecule has 2 aromatic rings. The number of aromatic nitrogens is 2. The summed E-state index contributed by atoms with van der Waals surface area (Å²) in [4.78, 5) is 23.6. The van der Waals surface area contributed by atoms with E-state index in [2.05, 4.69) is 16.9 Å². The Balaban J connectivity index is 1.37. The summed E-state index contributed by atoms with van der Waals surface area (Å²) >= 11 is 0. The summed E-state index contributed by atoms with van der Waals surface area (Å²) in [6, 6.07) is 7.93. The first-order valence-corrected chi connectivity index (χ1v) is 11.1. The Hall–Kier alpha value is -2.70. The van der Waals surface area contributed by atoms with Gasteiger partial charge in [0, 0.05) is 33.0 Å². The summed E-state index contributed by atoms with van der Waals surface area (Å²) in [7, 11) is 1.89. The van der Waals surface area contributed by atoms with Crippen LogP contribution in [0.4, 0.5) is 16.0 Å². The van der Waals surface area contributed by atoms with Gasteiger partial charge in [-0.1, -0.05) is 19.1 Å². The van der Waals surface area contributed by atoms with E-state index in [1.165, 1.54) is 19.2 Å². The minimum Gasteiger partial charge on any atom is -0.489 e. The van der Waals surface area contributed by atoms with Gasteiger partial charge in [0.05, 0.1) is 6.54 Å². The van der Waals surface area contributed by atoms with E-state index in [1.54, 1.807) is 6.92 Å². The molecule has 0 N–H and O–H groups in total. The van der Waals surface area contributed by atoms with Crippen molar-refractivity contribution in [3.05, 3.63) is 42.0 Å². The second-order valence-electron chi connectivity index (χ2n) is 9.01. The Bertz CT molecular complexity index is 916. The number of rotatable bonds is 9. The Labute approximate surface area is 183 Å². The number of ether oxygens (including phenoxy) is 1. The molecule has 6 nitrogen and oxygen atoms in total. The van der Waals surface area contributed by atoms with Crippen LogP contribution in [0, 0.1) is 11.7 Å². The maximum absolute atomic E-state index is 15.1. The monoisotopic (exact) mass is 426 g/mol. The second-order valence-corrected chi connectivity index (χ2v) is 9.01. The van der Waals surface area contributed by atoms with E-state index in [4.69, 9.17) is 4.74 Å². The molecule has 1 saturated carbocycles. The fourth-order valence-electron chi connectivity index (χ4n) is 4.25. The third kappa shape index (κ3) is 5.32. The van der Waals surface area contributed by atoms with Gasteiger partial charge < -0.3 is 19.3 Å². The summed E-state index contributed by atoms with van der Waals surface area (Å²) < 4.78 is 21.3. The van der Waals surface area contributed by atoms with Crippen molar-refractivity contribution < 1.29 is 13.9 Å². The molecular weight excluding hydrogens is 395 g/mol. The zero-order valence-corrected chi connectivity index (χ0v) is 18.6. The van der Waals surface area contributed by atoms with E-state index in [9.17, 15) is 4.79 Å². The smallest absolute Gasteiger partial charge is 0.208 e. The number of hydrogen-bond donors (Lipinski definition) is 0. The highest BCUT2D eigenvalue weighted by molar-refractivity contribution is 5.76. The highest BCUT2D eigenvalue weighted by atomic mass is 19.1. The van der Waals surface area contributed by atoms with Crippen LogP contribution in [0.1, 0.15) is 51.0 Å². The first-order valence-electron chi connectivity index (χ1n) is 11.1. The van der Waals surface area contributed by atoms with Crippen molar-refractivity contribution in [3.8, 4) is 5.75 Å². The van der Waals surface area contributed by atoms with Gasteiger partial charge in [-0.15, -0.1) is 0 Å². The molecular formula is C24H31FN4O2. The van der Waals surface area contributed by atoms with Gasteiger partial charge in [0.1, 0.15) is 24.0 Å². The molecule has 0 amide bonds. The number of halogens is 1. The van der Waals surface area contributed by atoms with Gasteiger partial charge in [-0.3, -0.25) is 0 Å². The summed E-state index contributed by atoms with van der Waals surface area (Å²) in [5.41, 5.74) is 1.13. The van der Waals surface area contributed by atoms with E-state index >= 15 is 4.39 Å². The largest absolute Gasteiger partial charge is 0.489 e. The molecule has 1 aromatic heterocycles. The molecule has 7 heteroatoms. The maximum Gasteiger partial charge on any atom is 0.208 e. The van der Waals surface area contributed by atoms with E-state index in [-0.39, 0.29) is 23.6 Å². The van der Waals surface area contributed by atoms with Crippen molar-refractivity contribution in [3.63, 3.8) is 0 Å². The Kier molecular flexibility index (Phi) is 6.39. The fourth-order valence-corrected chi connectivity index (χ4v) is 4.25. The van der Waals surface area contributed by atoms with Gasteiger partial charge >= 0.3 is 0 Å². The van der Waals surface area contributed by atoms with Crippen molar-refractivity contribution in [2.45, 2.75) is 51.6 Å². The van der Waals surface area contributed by atoms with Crippen LogP contribution >= 0.6 is 0 Å². The van der Waals surface area contributed by atoms with Gasteiger partial charge in [-0.05, 0) is 49.3 Å². The summed E-state index contributed by atoms with van der Waals surface area (Å²) in [6.07, 6.45) is 5.20. The minimum atomic E-state index is -0.352. The quantitative estimate of drug-likeness (QED) is 0.599. The Morgan fingerprint density at radius 3 is 2.68 bits per heavy atom. The van der Waals surface area contributed by atoms with Crippen LogP contribution in [0.15, 0.2) is 30.6 Å². The van der Waals surface area contributed by atoms with Crippen molar-refractivity contribution in [1.82, 2.24) is 9.97 Å². The molecule has 2 heterocycles. The summed E-state index contributed by atoms with van der Waals surface area (Å²) in [5.74, 6) is 2.21. The Morgan fingerprint density at radius 1 is 1.26 bits per heavy atom. The first kappa shape index (κ1) is 21.5. The topological polar surface area (TPSA) is 58.6 Å². The van der Waals surface area contributed by atoms with Crippen LogP contribution in [0.3, 0.4) is 0 Å². The standard InChI is InChI=1S/C24H31FN4O2/c1-16(12-17(2)30)19-6-8-20(9-7-19)31-21-10-11-29(14-21)24-22(25)23(26-15-27-24)28(3)13-18-4-5-18/h6-9,15-16,18,21H,4-5,10-14H2,1-3H3/t16-,21-/m1/s1. The lowest BCUT2D eigenvalue weighted by atomic mass is 9.96. The van der Waals surface area contributed by atoms with Crippen molar-refractivity contribution >= 4 is 17.4 Å². The van der Waals surface area contributed by atoms with Crippen LogP contribution in [0.5, 0.6) is 5.75 Å². The lowest BCUT2D eigenvalue weighted by molar-refractivity contribution is -0.117. The molecule has 2 aliphatic rings. The Morgan fingerprint density at radius 2 is 2.00 bits per heavy atom. The molecule has 1 aliphatic carbocycles. The number of anilines is 2. The third-order valence-electron chi connectivity index (χ3n) is 6.13. The summed E-state index contributed by atoms with van der Waals surface area (Å²) in [5, 5.41) is 0. The zero-order chi connectivity index (χ0) is 22.0. The zero-order valence-electron chi connectivity index (χ0n) is 18.6. The fraction of sp³-hybridized carbons (Fsp3) is 0.542. The number of nitrogens with zero attached hydrogens (tertiary/aromatic N) is 4. The van der Waals surface area contributed by atoms with E-state index in [0.29, 0.717) is 37.1 Å². The van der Waals surface area contributed by atoms with E-state index in [1.807, 2.05) is 41.1 Å². The minimum absolute atomic E-state index is 0.0255. The molecule has 4 rings (SSSR count). The molecule has 1 aromatic carbocycles. The normalized spacial score (nSPS) is 19.4. The molecule has 31 heavy (non-hydrogen) atoms. The van der Waals surface area contributed by atoms with Crippen LogP contribution in [0.25, 0.3) is 0 Å². The lowest BCUT2D eigenvalue weighted by Crippen LogP contribution is -2.28. The highest BCUT2D eigenvalue weighted by Crippen LogP contribution is 2.33. The van der Waals surface area contributed by atoms with Crippen LogP contribution in [-0.4, -0.2) is 48.5 Å². The van der Waals surface area contributed by atoms with E-state index in [0.717, 1.165) is 24.3 Å². The van der Waals surface area contributed by atoms with Crippen molar-refractivity contribution in [1.29, 1.82) is 0 Å². The molecule has 1 aliphatic heterocycles. The molecule has 0 spiro atoms. The predicted octanol–water partition coefficient (Wildman–Crippen LogP) is 4.20. The SMILES string of the molecule is CC(=O)C[C@@H](C)c1ccc(O[C@@H]2CCN(c3ncnc(N(C)CC4CC4)c3F)C2)cc1. The van der Waals surface area contributed by atoms with Gasteiger partial charge in [0.2, 0.25) is 5.82 Å². The average molecular weight is 427 g/mol.